The first kappa shape index (κ1) is 16.5. The lowest BCUT2D eigenvalue weighted by Gasteiger charge is -2.25. The molecule has 0 amide bonds. The number of hydrogen-bond donors (Lipinski definition) is 1. The zero-order valence-corrected chi connectivity index (χ0v) is 12.9. The highest BCUT2D eigenvalue weighted by atomic mass is 19.1. The van der Waals surface area contributed by atoms with Gasteiger partial charge in [0.05, 0.1) is 18.8 Å². The van der Waals surface area contributed by atoms with E-state index in [-0.39, 0.29) is 19.0 Å². The summed E-state index contributed by atoms with van der Waals surface area (Å²) in [5.41, 5.74) is 0.762. The van der Waals surface area contributed by atoms with Crippen LogP contribution in [0, 0.1) is 5.82 Å². The molecule has 22 heavy (non-hydrogen) atoms. The number of ether oxygens (including phenoxy) is 2. The second-order valence-corrected chi connectivity index (χ2v) is 5.73. The lowest BCUT2D eigenvalue weighted by Crippen LogP contribution is -2.32. The van der Waals surface area contributed by atoms with Gasteiger partial charge in [-0.25, -0.2) is 4.39 Å². The van der Waals surface area contributed by atoms with E-state index in [0.29, 0.717) is 17.9 Å². The Labute approximate surface area is 130 Å². The van der Waals surface area contributed by atoms with E-state index in [4.69, 9.17) is 14.6 Å². The summed E-state index contributed by atoms with van der Waals surface area (Å²) in [6, 6.07) is 13.8. The van der Waals surface area contributed by atoms with Gasteiger partial charge in [-0.05, 0) is 37.6 Å². The predicted molar refractivity (Wildman–Crippen MR) is 83.1 cm³/mol. The van der Waals surface area contributed by atoms with Crippen molar-refractivity contribution in [1.29, 1.82) is 0 Å². The molecule has 0 saturated heterocycles. The van der Waals surface area contributed by atoms with Crippen LogP contribution in [-0.4, -0.2) is 17.3 Å². The molecule has 0 fully saturated rings. The van der Waals surface area contributed by atoms with Crippen LogP contribution in [0.25, 0.3) is 0 Å². The molecule has 0 bridgehead atoms. The van der Waals surface area contributed by atoms with Crippen LogP contribution in [-0.2, 0) is 18.0 Å². The number of halogens is 1. The maximum absolute atomic E-state index is 13.6. The first-order valence-corrected chi connectivity index (χ1v) is 7.20. The van der Waals surface area contributed by atoms with Crippen LogP contribution in [0.5, 0.6) is 5.75 Å². The molecular formula is C18H21FO3. The molecule has 1 N–H and O–H groups in total. The Balaban J connectivity index is 1.89. The van der Waals surface area contributed by atoms with Crippen LogP contribution >= 0.6 is 0 Å². The van der Waals surface area contributed by atoms with Crippen molar-refractivity contribution in [2.75, 3.05) is 6.61 Å². The SMILES string of the molecule is CC(C)(COc1cccc(CO)c1)OCc1ccccc1F. The first-order chi connectivity index (χ1) is 10.5. The molecule has 0 aliphatic heterocycles. The van der Waals surface area contributed by atoms with Gasteiger partial charge in [-0.1, -0.05) is 30.3 Å². The van der Waals surface area contributed by atoms with Crippen LogP contribution in [0.1, 0.15) is 25.0 Å². The first-order valence-electron chi connectivity index (χ1n) is 7.20. The number of hydrogen-bond acceptors (Lipinski definition) is 3. The van der Waals surface area contributed by atoms with Crippen LogP contribution in [0.3, 0.4) is 0 Å². The Bertz CT molecular complexity index is 611. The number of benzene rings is 2. The third-order valence-corrected chi connectivity index (χ3v) is 3.24. The third-order valence-electron chi connectivity index (χ3n) is 3.24. The molecule has 0 heterocycles. The Kier molecular flexibility index (Phi) is 5.52. The molecule has 0 atom stereocenters. The summed E-state index contributed by atoms with van der Waals surface area (Å²) in [6.07, 6.45) is 0. The van der Waals surface area contributed by atoms with Gasteiger partial charge in [0.2, 0.25) is 0 Å². The number of rotatable bonds is 7. The van der Waals surface area contributed by atoms with Gasteiger partial charge >= 0.3 is 0 Å². The Morgan fingerprint density at radius 3 is 2.59 bits per heavy atom. The molecule has 4 heteroatoms. The van der Waals surface area contributed by atoms with Gasteiger partial charge in [-0.2, -0.15) is 0 Å². The van der Waals surface area contributed by atoms with Crippen LogP contribution in [0.15, 0.2) is 48.5 Å². The molecule has 0 unspecified atom stereocenters. The normalized spacial score (nSPS) is 11.5. The maximum Gasteiger partial charge on any atom is 0.128 e. The molecule has 2 aromatic rings. The van der Waals surface area contributed by atoms with Crippen LogP contribution < -0.4 is 4.74 Å². The molecule has 0 aromatic heterocycles. The average molecular weight is 304 g/mol. The second kappa shape index (κ2) is 7.38. The molecule has 0 saturated carbocycles. The highest BCUT2D eigenvalue weighted by molar-refractivity contribution is 5.28. The molecule has 2 rings (SSSR count). The van der Waals surface area contributed by atoms with Crippen molar-refractivity contribution in [2.24, 2.45) is 0 Å². The van der Waals surface area contributed by atoms with E-state index in [1.54, 1.807) is 24.3 Å². The number of aliphatic hydroxyl groups is 1. The smallest absolute Gasteiger partial charge is 0.128 e. The Morgan fingerprint density at radius 1 is 1.09 bits per heavy atom. The summed E-state index contributed by atoms with van der Waals surface area (Å²) in [7, 11) is 0. The maximum atomic E-state index is 13.6. The topological polar surface area (TPSA) is 38.7 Å². The van der Waals surface area contributed by atoms with E-state index in [0.717, 1.165) is 5.56 Å². The van der Waals surface area contributed by atoms with E-state index in [1.165, 1.54) is 6.07 Å². The lowest BCUT2D eigenvalue weighted by molar-refractivity contribution is -0.0578. The highest BCUT2D eigenvalue weighted by Crippen LogP contribution is 2.19. The molecule has 3 nitrogen and oxygen atoms in total. The minimum atomic E-state index is -0.558. The van der Waals surface area contributed by atoms with Crippen LogP contribution in [0.2, 0.25) is 0 Å². The zero-order chi connectivity index (χ0) is 16.0. The van der Waals surface area contributed by atoms with Gasteiger partial charge in [-0.3, -0.25) is 0 Å². The van der Waals surface area contributed by atoms with Crippen molar-refractivity contribution < 1.29 is 19.0 Å². The fraction of sp³-hybridized carbons (Fsp3) is 0.333. The van der Waals surface area contributed by atoms with Crippen molar-refractivity contribution in [1.82, 2.24) is 0 Å². The van der Waals surface area contributed by atoms with E-state index < -0.39 is 5.60 Å². The van der Waals surface area contributed by atoms with Crippen molar-refractivity contribution in [3.05, 3.63) is 65.5 Å². The quantitative estimate of drug-likeness (QED) is 0.848. The molecule has 0 radical (unpaired) electrons. The van der Waals surface area contributed by atoms with Crippen LogP contribution in [0.4, 0.5) is 4.39 Å². The van der Waals surface area contributed by atoms with Gasteiger partial charge in [-0.15, -0.1) is 0 Å². The van der Waals surface area contributed by atoms with Gasteiger partial charge in [0, 0.05) is 5.56 Å². The summed E-state index contributed by atoms with van der Waals surface area (Å²) in [6.45, 7) is 4.29. The molecular weight excluding hydrogens is 283 g/mol. The molecule has 0 aliphatic rings. The third kappa shape index (κ3) is 4.83. The van der Waals surface area contributed by atoms with E-state index in [2.05, 4.69) is 0 Å². The summed E-state index contributed by atoms with van der Waals surface area (Å²) in [4.78, 5) is 0. The minimum Gasteiger partial charge on any atom is -0.491 e. The summed E-state index contributed by atoms with van der Waals surface area (Å²) in [5.74, 6) is 0.406. The minimum absolute atomic E-state index is 0.0234. The lowest BCUT2D eigenvalue weighted by atomic mass is 10.1. The summed E-state index contributed by atoms with van der Waals surface area (Å²) in [5, 5.41) is 9.11. The molecule has 118 valence electrons. The summed E-state index contributed by atoms with van der Waals surface area (Å²) < 4.78 is 25.0. The predicted octanol–water partition coefficient (Wildman–Crippen LogP) is 3.69. The summed E-state index contributed by atoms with van der Waals surface area (Å²) >= 11 is 0. The Hall–Kier alpha value is -1.91. The van der Waals surface area contributed by atoms with Gasteiger partial charge < -0.3 is 14.6 Å². The van der Waals surface area contributed by atoms with Gasteiger partial charge in [0.25, 0.3) is 0 Å². The van der Waals surface area contributed by atoms with E-state index >= 15 is 0 Å². The largest absolute Gasteiger partial charge is 0.491 e. The standard InChI is InChI=1S/C18H21FO3/c1-18(2,22-12-15-7-3-4-9-17(15)19)13-21-16-8-5-6-14(10-16)11-20/h3-10,20H,11-13H2,1-2H3. The zero-order valence-electron chi connectivity index (χ0n) is 12.9. The average Bonchev–Trinajstić information content (AvgIpc) is 2.53. The Morgan fingerprint density at radius 2 is 1.86 bits per heavy atom. The van der Waals surface area contributed by atoms with E-state index in [1.807, 2.05) is 32.0 Å². The van der Waals surface area contributed by atoms with Gasteiger partial charge in [0.1, 0.15) is 18.2 Å². The van der Waals surface area contributed by atoms with E-state index in [9.17, 15) is 4.39 Å². The molecule has 2 aromatic carbocycles. The monoisotopic (exact) mass is 304 g/mol. The van der Waals surface area contributed by atoms with Crippen molar-refractivity contribution in [2.45, 2.75) is 32.7 Å². The molecule has 0 spiro atoms. The van der Waals surface area contributed by atoms with Crippen molar-refractivity contribution >= 4 is 0 Å². The van der Waals surface area contributed by atoms with Crippen molar-refractivity contribution in [3.8, 4) is 5.75 Å². The fourth-order valence-electron chi connectivity index (χ4n) is 1.92. The molecule has 0 aliphatic carbocycles. The van der Waals surface area contributed by atoms with Crippen molar-refractivity contribution in [3.63, 3.8) is 0 Å². The van der Waals surface area contributed by atoms with Gasteiger partial charge in [0.15, 0.2) is 0 Å². The second-order valence-electron chi connectivity index (χ2n) is 5.73. The highest BCUT2D eigenvalue weighted by Gasteiger charge is 2.20. The fourth-order valence-corrected chi connectivity index (χ4v) is 1.92. The number of aliphatic hydroxyl groups excluding tert-OH is 1.